The standard InChI is InChI=1S/C18H24N2O2S/c1-14-8-9-16(18(2,3)4)11-17(14)23(21,22)20(5)13-15-7-6-10-19-12-15/h6-12H,13H2,1-5H3. The van der Waals surface area contributed by atoms with Crippen molar-refractivity contribution in [2.24, 2.45) is 0 Å². The van der Waals surface area contributed by atoms with Crippen LogP contribution in [0, 0.1) is 6.92 Å². The number of sulfonamides is 1. The molecule has 0 amide bonds. The van der Waals surface area contributed by atoms with E-state index in [1.807, 2.05) is 25.1 Å². The first-order chi connectivity index (χ1) is 10.6. The van der Waals surface area contributed by atoms with E-state index >= 15 is 0 Å². The highest BCUT2D eigenvalue weighted by atomic mass is 32.2. The lowest BCUT2D eigenvalue weighted by Crippen LogP contribution is -2.27. The van der Waals surface area contributed by atoms with Crippen LogP contribution in [-0.4, -0.2) is 24.8 Å². The van der Waals surface area contributed by atoms with Gasteiger partial charge in [0, 0.05) is 26.0 Å². The highest BCUT2D eigenvalue weighted by molar-refractivity contribution is 7.89. The summed E-state index contributed by atoms with van der Waals surface area (Å²) in [4.78, 5) is 4.41. The Morgan fingerprint density at radius 2 is 1.87 bits per heavy atom. The predicted molar refractivity (Wildman–Crippen MR) is 92.8 cm³/mol. The van der Waals surface area contributed by atoms with E-state index < -0.39 is 10.0 Å². The van der Waals surface area contributed by atoms with Crippen LogP contribution in [0.25, 0.3) is 0 Å². The predicted octanol–water partition coefficient (Wildman–Crippen LogP) is 3.51. The van der Waals surface area contributed by atoms with Crippen molar-refractivity contribution < 1.29 is 8.42 Å². The number of nitrogens with zero attached hydrogens (tertiary/aromatic N) is 2. The lowest BCUT2D eigenvalue weighted by Gasteiger charge is -2.23. The molecular weight excluding hydrogens is 308 g/mol. The summed E-state index contributed by atoms with van der Waals surface area (Å²) in [5, 5.41) is 0. The molecule has 0 bridgehead atoms. The summed E-state index contributed by atoms with van der Waals surface area (Å²) in [7, 11) is -1.94. The molecule has 1 heterocycles. The van der Waals surface area contributed by atoms with Gasteiger partial charge in [-0.25, -0.2) is 8.42 Å². The molecule has 0 aliphatic carbocycles. The average Bonchev–Trinajstić information content (AvgIpc) is 2.47. The normalized spacial score (nSPS) is 12.6. The second-order valence-electron chi connectivity index (χ2n) is 6.85. The molecule has 0 unspecified atom stereocenters. The maximum atomic E-state index is 12.9. The van der Waals surface area contributed by atoms with Gasteiger partial charge in [-0.05, 0) is 41.2 Å². The van der Waals surface area contributed by atoms with E-state index in [2.05, 4.69) is 25.8 Å². The first-order valence-electron chi connectivity index (χ1n) is 7.59. The van der Waals surface area contributed by atoms with Crippen LogP contribution in [0.1, 0.15) is 37.5 Å². The number of rotatable bonds is 4. The second-order valence-corrected chi connectivity index (χ2v) is 8.87. The van der Waals surface area contributed by atoms with Gasteiger partial charge in [0.15, 0.2) is 0 Å². The maximum Gasteiger partial charge on any atom is 0.243 e. The van der Waals surface area contributed by atoms with Gasteiger partial charge in [0.1, 0.15) is 0 Å². The molecule has 1 aromatic carbocycles. The zero-order valence-electron chi connectivity index (χ0n) is 14.4. The Balaban J connectivity index is 2.39. The van der Waals surface area contributed by atoms with Crippen LogP contribution in [0.2, 0.25) is 0 Å². The fourth-order valence-corrected chi connectivity index (χ4v) is 3.75. The number of hydrogen-bond acceptors (Lipinski definition) is 3. The maximum absolute atomic E-state index is 12.9. The molecule has 0 fully saturated rings. The minimum Gasteiger partial charge on any atom is -0.264 e. The third-order valence-corrected chi connectivity index (χ3v) is 5.82. The first kappa shape index (κ1) is 17.6. The van der Waals surface area contributed by atoms with Gasteiger partial charge < -0.3 is 0 Å². The monoisotopic (exact) mass is 332 g/mol. The van der Waals surface area contributed by atoms with Gasteiger partial charge in [-0.15, -0.1) is 0 Å². The molecule has 0 radical (unpaired) electrons. The Kier molecular flexibility index (Phi) is 4.92. The van der Waals surface area contributed by atoms with E-state index in [9.17, 15) is 8.42 Å². The SMILES string of the molecule is Cc1ccc(C(C)(C)C)cc1S(=O)(=O)N(C)Cc1cccnc1. The first-order valence-corrected chi connectivity index (χ1v) is 9.03. The van der Waals surface area contributed by atoms with E-state index in [4.69, 9.17) is 0 Å². The summed E-state index contributed by atoms with van der Waals surface area (Å²) in [6.45, 7) is 8.36. The Bertz CT molecular complexity index is 778. The van der Waals surface area contributed by atoms with Crippen molar-refractivity contribution >= 4 is 10.0 Å². The quantitative estimate of drug-likeness (QED) is 0.861. The molecule has 0 saturated heterocycles. The van der Waals surface area contributed by atoms with Gasteiger partial charge in [0.05, 0.1) is 4.90 Å². The summed E-state index contributed by atoms with van der Waals surface area (Å²) in [5.74, 6) is 0. The molecular formula is C18H24N2O2S. The summed E-state index contributed by atoms with van der Waals surface area (Å²) >= 11 is 0. The highest BCUT2D eigenvalue weighted by Crippen LogP contribution is 2.28. The summed E-state index contributed by atoms with van der Waals surface area (Å²) in [6, 6.07) is 9.35. The molecule has 2 rings (SSSR count). The van der Waals surface area contributed by atoms with E-state index in [-0.39, 0.29) is 5.41 Å². The second kappa shape index (κ2) is 6.42. The van der Waals surface area contributed by atoms with Gasteiger partial charge in [-0.1, -0.05) is 39.0 Å². The van der Waals surface area contributed by atoms with Gasteiger partial charge in [-0.3, -0.25) is 4.98 Å². The molecule has 4 nitrogen and oxygen atoms in total. The topological polar surface area (TPSA) is 50.3 Å². The lowest BCUT2D eigenvalue weighted by molar-refractivity contribution is 0.465. The van der Waals surface area contributed by atoms with Crippen molar-refractivity contribution in [3.8, 4) is 0 Å². The van der Waals surface area contributed by atoms with Crippen molar-refractivity contribution in [3.63, 3.8) is 0 Å². The van der Waals surface area contributed by atoms with Gasteiger partial charge in [-0.2, -0.15) is 4.31 Å². The summed E-state index contributed by atoms with van der Waals surface area (Å²) < 4.78 is 27.3. The average molecular weight is 332 g/mol. The molecule has 0 aliphatic rings. The Morgan fingerprint density at radius 3 is 2.43 bits per heavy atom. The third-order valence-electron chi connectivity index (χ3n) is 3.87. The molecule has 124 valence electrons. The number of benzene rings is 1. The van der Waals surface area contributed by atoms with Crippen LogP contribution in [0.5, 0.6) is 0 Å². The van der Waals surface area contributed by atoms with Crippen LogP contribution in [-0.2, 0) is 22.0 Å². The van der Waals surface area contributed by atoms with Crippen molar-refractivity contribution in [1.82, 2.24) is 9.29 Å². The van der Waals surface area contributed by atoms with E-state index in [1.54, 1.807) is 31.6 Å². The number of pyridine rings is 1. The molecule has 1 aromatic heterocycles. The summed E-state index contributed by atoms with van der Waals surface area (Å²) in [5.41, 5.74) is 2.54. The molecule has 2 aromatic rings. The van der Waals surface area contributed by atoms with Gasteiger partial charge in [0.25, 0.3) is 0 Å². The Labute approximate surface area is 139 Å². The Hall–Kier alpha value is -1.72. The van der Waals surface area contributed by atoms with Crippen LogP contribution < -0.4 is 0 Å². The van der Waals surface area contributed by atoms with Crippen molar-refractivity contribution in [1.29, 1.82) is 0 Å². The van der Waals surface area contributed by atoms with Crippen LogP contribution >= 0.6 is 0 Å². The van der Waals surface area contributed by atoms with E-state index in [1.165, 1.54) is 4.31 Å². The molecule has 5 heteroatoms. The fourth-order valence-electron chi connectivity index (χ4n) is 2.35. The molecule has 0 spiro atoms. The largest absolute Gasteiger partial charge is 0.264 e. The number of aryl methyl sites for hydroxylation is 1. The Morgan fingerprint density at radius 1 is 1.17 bits per heavy atom. The smallest absolute Gasteiger partial charge is 0.243 e. The minimum atomic E-state index is -3.55. The zero-order valence-corrected chi connectivity index (χ0v) is 15.2. The molecule has 0 atom stereocenters. The van der Waals surface area contributed by atoms with Crippen LogP contribution in [0.4, 0.5) is 0 Å². The minimum absolute atomic E-state index is 0.0973. The van der Waals surface area contributed by atoms with E-state index in [0.717, 1.165) is 16.7 Å². The molecule has 0 N–H and O–H groups in total. The van der Waals surface area contributed by atoms with Crippen LogP contribution in [0.3, 0.4) is 0 Å². The van der Waals surface area contributed by atoms with Crippen molar-refractivity contribution in [3.05, 3.63) is 59.4 Å². The third kappa shape index (κ3) is 3.98. The lowest BCUT2D eigenvalue weighted by atomic mass is 9.87. The van der Waals surface area contributed by atoms with Gasteiger partial charge >= 0.3 is 0 Å². The van der Waals surface area contributed by atoms with Crippen molar-refractivity contribution in [2.45, 2.75) is 44.6 Å². The molecule has 0 aliphatic heterocycles. The fraction of sp³-hybridized carbons (Fsp3) is 0.389. The van der Waals surface area contributed by atoms with Crippen LogP contribution in [0.15, 0.2) is 47.6 Å². The van der Waals surface area contributed by atoms with E-state index in [0.29, 0.717) is 11.4 Å². The molecule has 23 heavy (non-hydrogen) atoms. The number of hydrogen-bond donors (Lipinski definition) is 0. The summed E-state index contributed by atoms with van der Waals surface area (Å²) in [6.07, 6.45) is 3.36. The van der Waals surface area contributed by atoms with Crippen molar-refractivity contribution in [2.75, 3.05) is 7.05 Å². The van der Waals surface area contributed by atoms with Gasteiger partial charge in [0.2, 0.25) is 10.0 Å². The highest BCUT2D eigenvalue weighted by Gasteiger charge is 2.25. The number of aromatic nitrogens is 1. The zero-order chi connectivity index (χ0) is 17.3. The molecule has 0 saturated carbocycles.